The van der Waals surface area contributed by atoms with E-state index < -0.39 is 0 Å². The Morgan fingerprint density at radius 1 is 1.54 bits per heavy atom. The fourth-order valence-electron chi connectivity index (χ4n) is 1.00. The van der Waals surface area contributed by atoms with Gasteiger partial charge >= 0.3 is 0 Å². The highest BCUT2D eigenvalue weighted by Gasteiger charge is 2.05. The maximum Gasteiger partial charge on any atom is 0.103 e. The van der Waals surface area contributed by atoms with Gasteiger partial charge in [-0.25, -0.2) is 4.98 Å². The fourth-order valence-corrected chi connectivity index (χ4v) is 3.31. The Bertz CT molecular complexity index is 257. The third kappa shape index (κ3) is 3.52. The summed E-state index contributed by atoms with van der Waals surface area (Å²) in [7, 11) is 0. The van der Waals surface area contributed by atoms with Crippen molar-refractivity contribution in [2.24, 2.45) is 0 Å². The van der Waals surface area contributed by atoms with Crippen molar-refractivity contribution >= 4 is 35.7 Å². The van der Waals surface area contributed by atoms with Gasteiger partial charge < -0.3 is 0 Å². The predicted octanol–water partition coefficient (Wildman–Crippen LogP) is 3.52. The maximum absolute atomic E-state index is 4.50. The molecule has 0 spiro atoms. The van der Waals surface area contributed by atoms with Crippen LogP contribution in [0.15, 0.2) is 0 Å². The Labute approximate surface area is 93.8 Å². The highest BCUT2D eigenvalue weighted by Crippen LogP contribution is 2.23. The van der Waals surface area contributed by atoms with Crippen molar-refractivity contribution in [2.75, 3.05) is 5.75 Å². The second kappa shape index (κ2) is 5.94. The number of nitrogens with zero attached hydrogens (tertiary/aromatic N) is 1. The molecule has 0 amide bonds. The number of rotatable bonds is 5. The summed E-state index contributed by atoms with van der Waals surface area (Å²) in [4.78, 5) is 5.82. The summed E-state index contributed by atoms with van der Waals surface area (Å²) < 4.78 is 0. The molecule has 0 saturated carbocycles. The quantitative estimate of drug-likeness (QED) is 0.617. The van der Waals surface area contributed by atoms with E-state index in [1.165, 1.54) is 22.1 Å². The van der Waals surface area contributed by atoms with Gasteiger partial charge in [-0.2, -0.15) is 24.4 Å². The Morgan fingerprint density at radius 2 is 2.31 bits per heavy atom. The summed E-state index contributed by atoms with van der Waals surface area (Å²) in [6.07, 6.45) is 1.24. The molecule has 0 radical (unpaired) electrons. The van der Waals surface area contributed by atoms with E-state index in [1.807, 2.05) is 11.8 Å². The van der Waals surface area contributed by atoms with Crippen LogP contribution in [0, 0.1) is 6.92 Å². The lowest BCUT2D eigenvalue weighted by molar-refractivity contribution is 1.10. The molecule has 0 aliphatic carbocycles. The first-order chi connectivity index (χ1) is 6.27. The first-order valence-electron chi connectivity index (χ1n) is 4.41. The van der Waals surface area contributed by atoms with Crippen molar-refractivity contribution in [1.29, 1.82) is 0 Å². The van der Waals surface area contributed by atoms with Crippen LogP contribution < -0.4 is 0 Å². The molecule has 0 aromatic carbocycles. The average molecular weight is 233 g/mol. The molecular formula is C9H15NS3. The third-order valence-corrected chi connectivity index (χ3v) is 4.70. The molecule has 74 valence electrons. The maximum atomic E-state index is 4.50. The van der Waals surface area contributed by atoms with Crippen molar-refractivity contribution in [3.05, 3.63) is 15.6 Å². The van der Waals surface area contributed by atoms with Crippen molar-refractivity contribution < 1.29 is 0 Å². The molecule has 0 fully saturated rings. The van der Waals surface area contributed by atoms with E-state index in [0.29, 0.717) is 0 Å². The van der Waals surface area contributed by atoms with Crippen LogP contribution in [0.25, 0.3) is 0 Å². The number of aromatic nitrogens is 1. The normalized spacial score (nSPS) is 10.7. The molecule has 0 unspecified atom stereocenters. The minimum absolute atomic E-state index is 0.821. The molecule has 1 aromatic rings. The number of hydrogen-bond donors (Lipinski definition) is 1. The van der Waals surface area contributed by atoms with E-state index in [1.54, 1.807) is 11.3 Å². The van der Waals surface area contributed by atoms with E-state index in [-0.39, 0.29) is 0 Å². The van der Waals surface area contributed by atoms with Crippen molar-refractivity contribution in [3.63, 3.8) is 0 Å². The zero-order chi connectivity index (χ0) is 9.68. The second-order valence-corrected chi connectivity index (χ2v) is 5.42. The van der Waals surface area contributed by atoms with E-state index in [2.05, 4.69) is 31.5 Å². The monoisotopic (exact) mass is 233 g/mol. The molecule has 0 bridgehead atoms. The number of thiazole rings is 1. The topological polar surface area (TPSA) is 12.9 Å². The molecule has 13 heavy (non-hydrogen) atoms. The molecule has 0 saturated heterocycles. The van der Waals surface area contributed by atoms with Gasteiger partial charge in [-0.15, -0.1) is 11.3 Å². The largest absolute Gasteiger partial charge is 0.245 e. The van der Waals surface area contributed by atoms with Gasteiger partial charge in [0.15, 0.2) is 0 Å². The lowest BCUT2D eigenvalue weighted by atomic mass is 10.4. The molecule has 0 N–H and O–H groups in total. The van der Waals surface area contributed by atoms with Crippen LogP contribution in [0.1, 0.15) is 28.9 Å². The van der Waals surface area contributed by atoms with Gasteiger partial charge in [0.25, 0.3) is 0 Å². The molecule has 1 rings (SSSR count). The highest BCUT2D eigenvalue weighted by atomic mass is 32.2. The average Bonchev–Trinajstić information content (AvgIpc) is 2.47. The SMILES string of the molecule is CCCSCc1nc(C)c(CS)s1. The molecule has 0 aliphatic rings. The van der Waals surface area contributed by atoms with Gasteiger partial charge in [0.2, 0.25) is 0 Å². The summed E-state index contributed by atoms with van der Waals surface area (Å²) in [6, 6.07) is 0. The van der Waals surface area contributed by atoms with E-state index in [4.69, 9.17) is 0 Å². The summed E-state index contributed by atoms with van der Waals surface area (Å²) in [6.45, 7) is 4.27. The molecule has 1 nitrogen and oxygen atoms in total. The van der Waals surface area contributed by atoms with Crippen molar-refractivity contribution in [2.45, 2.75) is 31.8 Å². The molecule has 1 heterocycles. The first kappa shape index (κ1) is 11.4. The summed E-state index contributed by atoms with van der Waals surface area (Å²) in [5.41, 5.74) is 1.16. The van der Waals surface area contributed by atoms with Crippen LogP contribution >= 0.6 is 35.7 Å². The Hall–Kier alpha value is 0.330. The minimum Gasteiger partial charge on any atom is -0.245 e. The van der Waals surface area contributed by atoms with Crippen LogP contribution in [-0.2, 0) is 11.5 Å². The number of aryl methyl sites for hydroxylation is 1. The Balaban J connectivity index is 2.48. The highest BCUT2D eigenvalue weighted by molar-refractivity contribution is 7.98. The van der Waals surface area contributed by atoms with E-state index in [9.17, 15) is 0 Å². The van der Waals surface area contributed by atoms with Gasteiger partial charge in [-0.05, 0) is 19.1 Å². The molecule has 0 aliphatic heterocycles. The molecule has 4 heteroatoms. The van der Waals surface area contributed by atoms with Crippen molar-refractivity contribution in [1.82, 2.24) is 4.98 Å². The van der Waals surface area contributed by atoms with Crippen LogP contribution in [0.2, 0.25) is 0 Å². The van der Waals surface area contributed by atoms with E-state index in [0.717, 1.165) is 17.2 Å². The molecular weight excluding hydrogens is 218 g/mol. The zero-order valence-electron chi connectivity index (χ0n) is 8.04. The number of hydrogen-bond acceptors (Lipinski definition) is 4. The minimum atomic E-state index is 0.821. The van der Waals surface area contributed by atoms with Crippen molar-refractivity contribution in [3.8, 4) is 0 Å². The van der Waals surface area contributed by atoms with Gasteiger partial charge in [-0.1, -0.05) is 6.92 Å². The number of thioether (sulfide) groups is 1. The third-order valence-electron chi connectivity index (χ3n) is 1.65. The van der Waals surface area contributed by atoms with Crippen LogP contribution in [0.4, 0.5) is 0 Å². The summed E-state index contributed by atoms with van der Waals surface area (Å²) >= 11 is 8.03. The van der Waals surface area contributed by atoms with Gasteiger partial charge in [0, 0.05) is 16.4 Å². The van der Waals surface area contributed by atoms with Gasteiger partial charge in [-0.3, -0.25) is 0 Å². The fraction of sp³-hybridized carbons (Fsp3) is 0.667. The standard InChI is InChI=1S/C9H15NS3/c1-3-4-12-6-9-10-7(2)8(5-11)13-9/h11H,3-6H2,1-2H3. The van der Waals surface area contributed by atoms with Crippen LogP contribution in [-0.4, -0.2) is 10.7 Å². The first-order valence-corrected chi connectivity index (χ1v) is 7.02. The molecule has 0 atom stereocenters. The second-order valence-electron chi connectivity index (χ2n) is 2.83. The lowest BCUT2D eigenvalue weighted by Crippen LogP contribution is -1.81. The molecule has 1 aromatic heterocycles. The lowest BCUT2D eigenvalue weighted by Gasteiger charge is -1.93. The van der Waals surface area contributed by atoms with Gasteiger partial charge in [0.1, 0.15) is 5.01 Å². The summed E-state index contributed by atoms with van der Waals surface area (Å²) in [5, 5.41) is 1.25. The Morgan fingerprint density at radius 3 is 2.85 bits per heavy atom. The Kier molecular flexibility index (Phi) is 5.21. The predicted molar refractivity (Wildman–Crippen MR) is 66.0 cm³/mol. The van der Waals surface area contributed by atoms with Crippen LogP contribution in [0.3, 0.4) is 0 Å². The summed E-state index contributed by atoms with van der Waals surface area (Å²) in [5.74, 6) is 3.11. The van der Waals surface area contributed by atoms with Gasteiger partial charge in [0.05, 0.1) is 5.69 Å². The van der Waals surface area contributed by atoms with E-state index >= 15 is 0 Å². The number of thiol groups is 1. The smallest absolute Gasteiger partial charge is 0.103 e. The van der Waals surface area contributed by atoms with Crippen LogP contribution in [0.5, 0.6) is 0 Å². The zero-order valence-corrected chi connectivity index (χ0v) is 10.6.